The van der Waals surface area contributed by atoms with Gasteiger partial charge in [0.15, 0.2) is 0 Å². The van der Waals surface area contributed by atoms with Crippen LogP contribution >= 0.6 is 22.6 Å². The Kier molecular flexibility index (Phi) is 5.56. The van der Waals surface area contributed by atoms with Gasteiger partial charge in [0.05, 0.1) is 18.8 Å². The van der Waals surface area contributed by atoms with Gasteiger partial charge in [-0.2, -0.15) is 0 Å². The average molecular weight is 319 g/mol. The van der Waals surface area contributed by atoms with Gasteiger partial charge in [-0.25, -0.2) is 0 Å². The van der Waals surface area contributed by atoms with Gasteiger partial charge in [0.1, 0.15) is 0 Å². The Morgan fingerprint density at radius 3 is 2.67 bits per heavy atom. The van der Waals surface area contributed by atoms with Crippen molar-refractivity contribution >= 4 is 22.6 Å². The van der Waals surface area contributed by atoms with E-state index in [4.69, 9.17) is 4.74 Å². The highest BCUT2D eigenvalue weighted by molar-refractivity contribution is 14.1. The maximum Gasteiger partial charge on any atom is 0.0664 e. The Bertz CT molecular complexity index is 301. The molecular weight excluding hydrogens is 301 g/mol. The molecule has 1 N–H and O–H groups in total. The number of hydrogen-bond donors (Lipinski definition) is 1. The number of rotatable bonds is 5. The van der Waals surface area contributed by atoms with Gasteiger partial charge in [0.25, 0.3) is 0 Å². The van der Waals surface area contributed by atoms with Gasteiger partial charge < -0.3 is 10.1 Å². The molecule has 0 saturated carbocycles. The van der Waals surface area contributed by atoms with Crippen molar-refractivity contribution in [3.05, 3.63) is 33.4 Å². The van der Waals surface area contributed by atoms with Crippen LogP contribution in [0.3, 0.4) is 0 Å². The highest BCUT2D eigenvalue weighted by Gasteiger charge is 2.10. The van der Waals surface area contributed by atoms with E-state index < -0.39 is 0 Å². The molecule has 1 atom stereocenters. The Morgan fingerprint density at radius 1 is 1.40 bits per heavy atom. The van der Waals surface area contributed by atoms with E-state index in [1.165, 1.54) is 9.13 Å². The zero-order chi connectivity index (χ0) is 11.3. The van der Waals surface area contributed by atoms with Gasteiger partial charge in [-0.15, -0.1) is 0 Å². The van der Waals surface area contributed by atoms with Crippen LogP contribution in [0.5, 0.6) is 0 Å². The first-order valence-corrected chi connectivity index (χ1v) is 6.25. The lowest BCUT2D eigenvalue weighted by Crippen LogP contribution is -2.23. The Balaban J connectivity index is 2.65. The van der Waals surface area contributed by atoms with Crippen molar-refractivity contribution in [1.29, 1.82) is 0 Å². The van der Waals surface area contributed by atoms with E-state index in [1.807, 2.05) is 7.05 Å². The van der Waals surface area contributed by atoms with E-state index in [-0.39, 0.29) is 12.1 Å². The molecule has 2 nitrogen and oxygen atoms in total. The molecule has 0 heterocycles. The number of ether oxygens (including phenoxy) is 1. The van der Waals surface area contributed by atoms with Crippen molar-refractivity contribution in [2.45, 2.75) is 26.0 Å². The van der Waals surface area contributed by atoms with E-state index >= 15 is 0 Å². The van der Waals surface area contributed by atoms with Gasteiger partial charge in [0.2, 0.25) is 0 Å². The maximum atomic E-state index is 5.62. The molecule has 0 saturated heterocycles. The summed E-state index contributed by atoms with van der Waals surface area (Å²) < 4.78 is 6.88. The molecule has 3 heteroatoms. The molecule has 0 spiro atoms. The summed E-state index contributed by atoms with van der Waals surface area (Å²) in [6.45, 7) is 4.83. The van der Waals surface area contributed by atoms with Gasteiger partial charge in [0, 0.05) is 3.57 Å². The quantitative estimate of drug-likeness (QED) is 0.843. The van der Waals surface area contributed by atoms with Crippen LogP contribution in [-0.4, -0.2) is 19.8 Å². The molecule has 15 heavy (non-hydrogen) atoms. The van der Waals surface area contributed by atoms with Crippen molar-refractivity contribution in [3.63, 3.8) is 0 Å². The fraction of sp³-hybridized carbons (Fsp3) is 0.500. The fourth-order valence-corrected chi connectivity index (χ4v) is 1.93. The van der Waals surface area contributed by atoms with Crippen molar-refractivity contribution in [1.82, 2.24) is 5.32 Å². The molecule has 0 radical (unpaired) electrons. The second-order valence-corrected chi connectivity index (χ2v) is 5.02. The summed E-state index contributed by atoms with van der Waals surface area (Å²) in [5, 5.41) is 3.27. The standard InChI is InChI=1S/C12H18INO/c1-9(2)15-8-12(14-3)10-5-4-6-11(13)7-10/h4-7,9,12,14H,8H2,1-3H3. The number of halogens is 1. The normalized spacial score (nSPS) is 13.1. The van der Waals surface area contributed by atoms with E-state index in [2.05, 4.69) is 66.0 Å². The molecule has 0 bridgehead atoms. The maximum absolute atomic E-state index is 5.62. The minimum Gasteiger partial charge on any atom is -0.377 e. The largest absolute Gasteiger partial charge is 0.377 e. The van der Waals surface area contributed by atoms with Crippen LogP contribution in [0.25, 0.3) is 0 Å². The Labute approximate surface area is 106 Å². The first kappa shape index (κ1) is 12.9. The lowest BCUT2D eigenvalue weighted by molar-refractivity contribution is 0.0626. The molecule has 1 aromatic carbocycles. The Hall–Kier alpha value is -0.130. The van der Waals surface area contributed by atoms with Crippen LogP contribution in [-0.2, 0) is 4.74 Å². The second kappa shape index (κ2) is 6.45. The van der Waals surface area contributed by atoms with Gasteiger partial charge in [-0.1, -0.05) is 12.1 Å². The number of hydrogen-bond acceptors (Lipinski definition) is 2. The van der Waals surface area contributed by atoms with Crippen LogP contribution < -0.4 is 5.32 Å². The summed E-state index contributed by atoms with van der Waals surface area (Å²) in [5.74, 6) is 0. The SMILES string of the molecule is CNC(COC(C)C)c1cccc(I)c1. The predicted octanol–water partition coefficient (Wildman–Crippen LogP) is 2.98. The average Bonchev–Trinajstić information content (AvgIpc) is 2.18. The molecule has 0 amide bonds. The van der Waals surface area contributed by atoms with E-state index in [9.17, 15) is 0 Å². The number of benzene rings is 1. The van der Waals surface area contributed by atoms with E-state index in [0.717, 1.165) is 0 Å². The van der Waals surface area contributed by atoms with Crippen LogP contribution in [0.2, 0.25) is 0 Å². The molecule has 0 fully saturated rings. The third-order valence-corrected chi connectivity index (χ3v) is 2.87. The summed E-state index contributed by atoms with van der Waals surface area (Å²) >= 11 is 2.33. The number of likely N-dealkylation sites (N-methyl/N-ethyl adjacent to an activating group) is 1. The first-order chi connectivity index (χ1) is 7.13. The molecule has 1 rings (SSSR count). The topological polar surface area (TPSA) is 21.3 Å². The third-order valence-electron chi connectivity index (χ3n) is 2.20. The highest BCUT2D eigenvalue weighted by Crippen LogP contribution is 2.16. The molecule has 1 unspecified atom stereocenters. The lowest BCUT2D eigenvalue weighted by Gasteiger charge is -2.18. The van der Waals surface area contributed by atoms with Gasteiger partial charge >= 0.3 is 0 Å². The smallest absolute Gasteiger partial charge is 0.0664 e. The molecule has 0 aliphatic rings. The highest BCUT2D eigenvalue weighted by atomic mass is 127. The zero-order valence-corrected chi connectivity index (χ0v) is 11.6. The first-order valence-electron chi connectivity index (χ1n) is 5.18. The van der Waals surface area contributed by atoms with Crippen molar-refractivity contribution in [2.75, 3.05) is 13.7 Å². The molecule has 1 aromatic rings. The summed E-state index contributed by atoms with van der Waals surface area (Å²) in [4.78, 5) is 0. The van der Waals surface area contributed by atoms with Crippen LogP contribution in [0, 0.1) is 3.57 Å². The minimum absolute atomic E-state index is 0.280. The summed E-state index contributed by atoms with van der Waals surface area (Å²) in [5.41, 5.74) is 1.28. The molecule has 84 valence electrons. The third kappa shape index (κ3) is 4.49. The molecule has 0 aliphatic heterocycles. The van der Waals surface area contributed by atoms with Crippen LogP contribution in [0.1, 0.15) is 25.5 Å². The van der Waals surface area contributed by atoms with E-state index in [0.29, 0.717) is 6.61 Å². The zero-order valence-electron chi connectivity index (χ0n) is 9.46. The van der Waals surface area contributed by atoms with Crippen LogP contribution in [0.15, 0.2) is 24.3 Å². The predicted molar refractivity (Wildman–Crippen MR) is 72.0 cm³/mol. The fourth-order valence-electron chi connectivity index (χ4n) is 1.36. The van der Waals surface area contributed by atoms with E-state index in [1.54, 1.807) is 0 Å². The molecule has 0 aliphatic carbocycles. The second-order valence-electron chi connectivity index (χ2n) is 3.78. The van der Waals surface area contributed by atoms with Gasteiger partial charge in [-0.05, 0) is 61.2 Å². The van der Waals surface area contributed by atoms with Crippen LogP contribution in [0.4, 0.5) is 0 Å². The Morgan fingerprint density at radius 2 is 2.13 bits per heavy atom. The summed E-state index contributed by atoms with van der Waals surface area (Å²) in [6.07, 6.45) is 0.281. The van der Waals surface area contributed by atoms with Gasteiger partial charge in [-0.3, -0.25) is 0 Å². The monoisotopic (exact) mass is 319 g/mol. The minimum atomic E-state index is 0.280. The number of nitrogens with one attached hydrogen (secondary N) is 1. The molecule has 0 aromatic heterocycles. The van der Waals surface area contributed by atoms with Crippen molar-refractivity contribution in [2.24, 2.45) is 0 Å². The van der Waals surface area contributed by atoms with Crippen molar-refractivity contribution < 1.29 is 4.74 Å². The molecular formula is C12H18INO. The summed E-state index contributed by atoms with van der Waals surface area (Å²) in [7, 11) is 1.97. The summed E-state index contributed by atoms with van der Waals surface area (Å²) in [6, 6.07) is 8.78. The van der Waals surface area contributed by atoms with Crippen molar-refractivity contribution in [3.8, 4) is 0 Å². The lowest BCUT2D eigenvalue weighted by atomic mass is 10.1.